The van der Waals surface area contributed by atoms with Gasteiger partial charge < -0.3 is 5.32 Å². The zero-order chi connectivity index (χ0) is 12.8. The van der Waals surface area contributed by atoms with Gasteiger partial charge in [-0.15, -0.1) is 0 Å². The number of rotatable bonds is 7. The molecule has 3 nitrogen and oxygen atoms in total. The van der Waals surface area contributed by atoms with Crippen LogP contribution in [0, 0.1) is 13.8 Å². The number of aryl methyl sites for hydroxylation is 2. The van der Waals surface area contributed by atoms with Gasteiger partial charge in [0.2, 0.25) is 0 Å². The first kappa shape index (κ1) is 14.2. The van der Waals surface area contributed by atoms with Crippen molar-refractivity contribution in [3.8, 4) is 0 Å². The minimum absolute atomic E-state index is 0.476. The highest BCUT2D eigenvalue weighted by molar-refractivity contribution is 5.28. The summed E-state index contributed by atoms with van der Waals surface area (Å²) >= 11 is 0. The molecule has 1 aromatic heterocycles. The molecule has 0 saturated heterocycles. The number of hydrogen-bond donors (Lipinski definition) is 1. The van der Waals surface area contributed by atoms with Crippen molar-refractivity contribution in [3.63, 3.8) is 0 Å². The first-order chi connectivity index (χ1) is 8.11. The lowest BCUT2D eigenvalue weighted by molar-refractivity contribution is 0.477. The molecule has 0 amide bonds. The van der Waals surface area contributed by atoms with E-state index < -0.39 is 0 Å². The molecule has 98 valence electrons. The van der Waals surface area contributed by atoms with E-state index in [0.717, 1.165) is 6.54 Å². The van der Waals surface area contributed by atoms with Gasteiger partial charge in [-0.05, 0) is 33.2 Å². The zero-order valence-electron chi connectivity index (χ0n) is 12.0. The molecule has 0 aliphatic heterocycles. The molecule has 0 fully saturated rings. The van der Waals surface area contributed by atoms with Crippen LogP contribution in [0.4, 0.5) is 0 Å². The van der Waals surface area contributed by atoms with Crippen molar-refractivity contribution < 1.29 is 0 Å². The molecule has 1 atom stereocenters. The highest BCUT2D eigenvalue weighted by atomic mass is 15.3. The molecule has 1 heterocycles. The topological polar surface area (TPSA) is 29.9 Å². The predicted molar refractivity (Wildman–Crippen MR) is 73.2 cm³/mol. The minimum Gasteiger partial charge on any atom is -0.310 e. The standard InChI is InChI=1S/C14H27N3/c1-6-8-9-13(15-10-7-2)14-11(3)16-17(5)12(14)4/h13,15H,6-10H2,1-5H3. The maximum Gasteiger partial charge on any atom is 0.0644 e. The second kappa shape index (κ2) is 6.80. The Hall–Kier alpha value is -0.830. The van der Waals surface area contributed by atoms with Crippen LogP contribution in [0.2, 0.25) is 0 Å². The Kier molecular flexibility index (Phi) is 5.69. The van der Waals surface area contributed by atoms with Gasteiger partial charge in [-0.2, -0.15) is 5.10 Å². The van der Waals surface area contributed by atoms with E-state index in [1.54, 1.807) is 0 Å². The highest BCUT2D eigenvalue weighted by Gasteiger charge is 2.18. The summed E-state index contributed by atoms with van der Waals surface area (Å²) < 4.78 is 2.00. The summed E-state index contributed by atoms with van der Waals surface area (Å²) in [5.41, 5.74) is 3.89. The van der Waals surface area contributed by atoms with Crippen LogP contribution < -0.4 is 5.32 Å². The van der Waals surface area contributed by atoms with Crippen LogP contribution >= 0.6 is 0 Å². The molecule has 0 saturated carbocycles. The molecule has 0 radical (unpaired) electrons. The van der Waals surface area contributed by atoms with Gasteiger partial charge in [-0.1, -0.05) is 26.7 Å². The summed E-state index contributed by atoms with van der Waals surface area (Å²) in [5.74, 6) is 0. The van der Waals surface area contributed by atoms with E-state index in [-0.39, 0.29) is 0 Å². The average molecular weight is 237 g/mol. The summed E-state index contributed by atoms with van der Waals surface area (Å²) in [5, 5.41) is 8.19. The van der Waals surface area contributed by atoms with Crippen LogP contribution in [-0.4, -0.2) is 16.3 Å². The number of nitrogens with one attached hydrogen (secondary N) is 1. The first-order valence-corrected chi connectivity index (χ1v) is 6.85. The SMILES string of the molecule is CCCCC(NCCC)c1c(C)nn(C)c1C. The predicted octanol–water partition coefficient (Wildman–Crippen LogP) is 3.27. The van der Waals surface area contributed by atoms with E-state index in [2.05, 4.69) is 38.1 Å². The molecule has 1 unspecified atom stereocenters. The Bertz CT molecular complexity index is 333. The normalized spacial score (nSPS) is 13.0. The van der Waals surface area contributed by atoms with Gasteiger partial charge in [-0.3, -0.25) is 4.68 Å². The fraction of sp³-hybridized carbons (Fsp3) is 0.786. The molecule has 0 aromatic carbocycles. The Morgan fingerprint density at radius 2 is 1.94 bits per heavy atom. The number of unbranched alkanes of at least 4 members (excludes halogenated alkanes) is 1. The Balaban J connectivity index is 2.86. The molecule has 17 heavy (non-hydrogen) atoms. The van der Waals surface area contributed by atoms with E-state index in [9.17, 15) is 0 Å². The number of hydrogen-bond acceptors (Lipinski definition) is 2. The van der Waals surface area contributed by atoms with Crippen molar-refractivity contribution in [2.24, 2.45) is 7.05 Å². The fourth-order valence-electron chi connectivity index (χ4n) is 2.37. The van der Waals surface area contributed by atoms with Crippen LogP contribution in [0.3, 0.4) is 0 Å². The summed E-state index contributed by atoms with van der Waals surface area (Å²) in [6.07, 6.45) is 4.92. The van der Waals surface area contributed by atoms with Gasteiger partial charge in [0.05, 0.1) is 5.69 Å². The number of aromatic nitrogens is 2. The Morgan fingerprint density at radius 1 is 1.24 bits per heavy atom. The van der Waals surface area contributed by atoms with Crippen molar-refractivity contribution >= 4 is 0 Å². The van der Waals surface area contributed by atoms with E-state index in [0.29, 0.717) is 6.04 Å². The molecule has 1 rings (SSSR count). The van der Waals surface area contributed by atoms with Gasteiger partial charge in [0.25, 0.3) is 0 Å². The molecule has 0 aliphatic carbocycles. The van der Waals surface area contributed by atoms with Gasteiger partial charge in [0, 0.05) is 24.3 Å². The van der Waals surface area contributed by atoms with E-state index in [1.165, 1.54) is 42.6 Å². The van der Waals surface area contributed by atoms with Crippen molar-refractivity contribution in [3.05, 3.63) is 17.0 Å². The van der Waals surface area contributed by atoms with Crippen LogP contribution in [0.25, 0.3) is 0 Å². The van der Waals surface area contributed by atoms with Gasteiger partial charge in [-0.25, -0.2) is 0 Å². The van der Waals surface area contributed by atoms with E-state index >= 15 is 0 Å². The summed E-state index contributed by atoms with van der Waals surface area (Å²) in [4.78, 5) is 0. The molecular formula is C14H27N3. The van der Waals surface area contributed by atoms with E-state index in [4.69, 9.17) is 0 Å². The third-order valence-corrected chi connectivity index (χ3v) is 3.40. The molecular weight excluding hydrogens is 210 g/mol. The summed E-state index contributed by atoms with van der Waals surface area (Å²) in [7, 11) is 2.03. The third-order valence-electron chi connectivity index (χ3n) is 3.40. The molecule has 0 bridgehead atoms. The molecule has 1 aromatic rings. The lowest BCUT2D eigenvalue weighted by atomic mass is 9.99. The molecule has 0 aliphatic rings. The lowest BCUT2D eigenvalue weighted by Gasteiger charge is -2.19. The molecule has 1 N–H and O–H groups in total. The minimum atomic E-state index is 0.476. The van der Waals surface area contributed by atoms with Crippen LogP contribution in [0.5, 0.6) is 0 Å². The van der Waals surface area contributed by atoms with Crippen LogP contribution in [0.15, 0.2) is 0 Å². The molecule has 3 heteroatoms. The smallest absolute Gasteiger partial charge is 0.0644 e. The van der Waals surface area contributed by atoms with E-state index in [1.807, 2.05) is 11.7 Å². The fourth-order valence-corrected chi connectivity index (χ4v) is 2.37. The Morgan fingerprint density at radius 3 is 2.41 bits per heavy atom. The second-order valence-electron chi connectivity index (χ2n) is 4.86. The van der Waals surface area contributed by atoms with Crippen molar-refractivity contribution in [1.29, 1.82) is 0 Å². The van der Waals surface area contributed by atoms with Crippen LogP contribution in [-0.2, 0) is 7.05 Å². The van der Waals surface area contributed by atoms with Crippen LogP contribution in [0.1, 0.15) is 62.5 Å². The Labute approximate surface area is 106 Å². The lowest BCUT2D eigenvalue weighted by Crippen LogP contribution is -2.23. The summed E-state index contributed by atoms with van der Waals surface area (Å²) in [6.45, 7) is 9.84. The first-order valence-electron chi connectivity index (χ1n) is 6.85. The van der Waals surface area contributed by atoms with Gasteiger partial charge in [0.1, 0.15) is 0 Å². The second-order valence-corrected chi connectivity index (χ2v) is 4.86. The molecule has 0 spiro atoms. The van der Waals surface area contributed by atoms with Gasteiger partial charge >= 0.3 is 0 Å². The maximum atomic E-state index is 4.52. The highest BCUT2D eigenvalue weighted by Crippen LogP contribution is 2.25. The maximum absolute atomic E-state index is 4.52. The zero-order valence-corrected chi connectivity index (χ0v) is 12.0. The monoisotopic (exact) mass is 237 g/mol. The average Bonchev–Trinajstić information content (AvgIpc) is 2.55. The third kappa shape index (κ3) is 3.56. The number of nitrogens with zero attached hydrogens (tertiary/aromatic N) is 2. The van der Waals surface area contributed by atoms with Crippen molar-refractivity contribution in [1.82, 2.24) is 15.1 Å². The largest absolute Gasteiger partial charge is 0.310 e. The quantitative estimate of drug-likeness (QED) is 0.789. The van der Waals surface area contributed by atoms with Crippen molar-refractivity contribution in [2.45, 2.75) is 59.4 Å². The summed E-state index contributed by atoms with van der Waals surface area (Å²) in [6, 6.07) is 0.476. The van der Waals surface area contributed by atoms with Crippen molar-refractivity contribution in [2.75, 3.05) is 6.54 Å². The van der Waals surface area contributed by atoms with Gasteiger partial charge in [0.15, 0.2) is 0 Å².